The van der Waals surface area contributed by atoms with E-state index in [1.165, 1.54) is 6.92 Å². The number of rotatable bonds is 6. The molecule has 1 atom stereocenters. The molecule has 0 radical (unpaired) electrons. The minimum atomic E-state index is -0.884. The van der Waals surface area contributed by atoms with E-state index in [1.807, 2.05) is 0 Å². The molecule has 0 aliphatic carbocycles. The molecule has 0 bridgehead atoms. The van der Waals surface area contributed by atoms with Crippen molar-refractivity contribution in [1.29, 1.82) is 0 Å². The van der Waals surface area contributed by atoms with E-state index in [9.17, 15) is 14.4 Å². The maximum atomic E-state index is 11.9. The molecule has 0 aliphatic heterocycles. The third-order valence-electron chi connectivity index (χ3n) is 2.30. The van der Waals surface area contributed by atoms with Crippen LogP contribution in [0.3, 0.4) is 0 Å². The van der Waals surface area contributed by atoms with Crippen molar-refractivity contribution < 1.29 is 19.1 Å². The van der Waals surface area contributed by atoms with Crippen LogP contribution in [0, 0.1) is 0 Å². The lowest BCUT2D eigenvalue weighted by atomic mass is 10.1. The molecular formula is C13H16N2O4. The van der Waals surface area contributed by atoms with Crippen molar-refractivity contribution in [2.24, 2.45) is 5.73 Å². The molecule has 0 spiro atoms. The summed E-state index contributed by atoms with van der Waals surface area (Å²) in [6.07, 6.45) is 0.107. The number of ether oxygens (including phenoxy) is 1. The number of amides is 2. The highest BCUT2D eigenvalue weighted by molar-refractivity contribution is 5.85. The van der Waals surface area contributed by atoms with E-state index in [0.29, 0.717) is 5.75 Å². The summed E-state index contributed by atoms with van der Waals surface area (Å²) in [5.74, 6) is -1.16. The van der Waals surface area contributed by atoms with Crippen LogP contribution in [0.4, 0.5) is 0 Å². The van der Waals surface area contributed by atoms with Gasteiger partial charge >= 0.3 is 5.97 Å². The van der Waals surface area contributed by atoms with Gasteiger partial charge in [-0.1, -0.05) is 18.2 Å². The molecule has 19 heavy (non-hydrogen) atoms. The molecular weight excluding hydrogens is 248 g/mol. The average Bonchev–Trinajstić information content (AvgIpc) is 2.35. The minimum absolute atomic E-state index is 0.00512. The van der Waals surface area contributed by atoms with Gasteiger partial charge < -0.3 is 15.8 Å². The van der Waals surface area contributed by atoms with Gasteiger partial charge in [0, 0.05) is 13.3 Å². The van der Waals surface area contributed by atoms with Crippen LogP contribution >= 0.6 is 0 Å². The first-order valence-electron chi connectivity index (χ1n) is 5.81. The summed E-state index contributed by atoms with van der Waals surface area (Å²) in [4.78, 5) is 33.6. The Hall–Kier alpha value is -2.37. The summed E-state index contributed by atoms with van der Waals surface area (Å²) in [6.45, 7) is 1.28. The van der Waals surface area contributed by atoms with Gasteiger partial charge in [0.25, 0.3) is 0 Å². The van der Waals surface area contributed by atoms with Gasteiger partial charge in [-0.25, -0.2) is 4.79 Å². The van der Waals surface area contributed by atoms with E-state index in [0.717, 1.165) is 0 Å². The van der Waals surface area contributed by atoms with E-state index in [2.05, 4.69) is 5.32 Å². The normalized spacial score (nSPS) is 11.4. The van der Waals surface area contributed by atoms with Gasteiger partial charge in [0.15, 0.2) is 0 Å². The van der Waals surface area contributed by atoms with Gasteiger partial charge in [-0.15, -0.1) is 0 Å². The van der Waals surface area contributed by atoms with Gasteiger partial charge in [0.1, 0.15) is 11.8 Å². The molecule has 102 valence electrons. The van der Waals surface area contributed by atoms with Crippen LogP contribution in [0.15, 0.2) is 30.3 Å². The fourth-order valence-corrected chi connectivity index (χ4v) is 1.46. The minimum Gasteiger partial charge on any atom is -0.425 e. The zero-order valence-corrected chi connectivity index (χ0v) is 10.6. The summed E-state index contributed by atoms with van der Waals surface area (Å²) in [5, 5.41) is 2.43. The second-order valence-corrected chi connectivity index (χ2v) is 3.99. The van der Waals surface area contributed by atoms with Gasteiger partial charge in [-0.3, -0.25) is 9.59 Å². The van der Waals surface area contributed by atoms with E-state index >= 15 is 0 Å². The number of hydrogen-bond acceptors (Lipinski definition) is 4. The lowest BCUT2D eigenvalue weighted by molar-refractivity contribution is -0.139. The first-order chi connectivity index (χ1) is 8.99. The van der Waals surface area contributed by atoms with E-state index in [4.69, 9.17) is 10.5 Å². The van der Waals surface area contributed by atoms with Crippen molar-refractivity contribution >= 4 is 17.8 Å². The summed E-state index contributed by atoms with van der Waals surface area (Å²) in [5.41, 5.74) is 5.02. The number of carbonyl (C=O) groups is 3. The number of benzene rings is 1. The van der Waals surface area contributed by atoms with Crippen LogP contribution in [-0.2, 0) is 14.4 Å². The van der Waals surface area contributed by atoms with Gasteiger partial charge in [0.05, 0.1) is 0 Å². The van der Waals surface area contributed by atoms with Crippen LogP contribution in [0.5, 0.6) is 5.75 Å². The van der Waals surface area contributed by atoms with Gasteiger partial charge in [-0.2, -0.15) is 0 Å². The summed E-state index contributed by atoms with van der Waals surface area (Å²) >= 11 is 0. The Kier molecular flexibility index (Phi) is 5.53. The van der Waals surface area contributed by atoms with Crippen LogP contribution < -0.4 is 15.8 Å². The van der Waals surface area contributed by atoms with Gasteiger partial charge in [-0.05, 0) is 18.6 Å². The number of hydrogen-bond donors (Lipinski definition) is 2. The second kappa shape index (κ2) is 7.15. The Morgan fingerprint density at radius 1 is 1.26 bits per heavy atom. The van der Waals surface area contributed by atoms with Crippen molar-refractivity contribution in [1.82, 2.24) is 5.32 Å². The average molecular weight is 264 g/mol. The third kappa shape index (κ3) is 5.67. The fourth-order valence-electron chi connectivity index (χ4n) is 1.46. The van der Waals surface area contributed by atoms with Crippen molar-refractivity contribution in [3.8, 4) is 5.75 Å². The largest absolute Gasteiger partial charge is 0.425 e. The molecule has 0 heterocycles. The van der Waals surface area contributed by atoms with E-state index < -0.39 is 17.9 Å². The highest BCUT2D eigenvalue weighted by atomic mass is 16.5. The first kappa shape index (κ1) is 14.7. The molecule has 1 unspecified atom stereocenters. The Morgan fingerprint density at radius 2 is 1.89 bits per heavy atom. The Labute approximate surface area is 110 Å². The van der Waals surface area contributed by atoms with Crippen LogP contribution in [0.2, 0.25) is 0 Å². The SMILES string of the molecule is CC(=O)NC(CCC(N)=O)C(=O)Oc1ccccc1. The lowest BCUT2D eigenvalue weighted by Gasteiger charge is -2.15. The first-order valence-corrected chi connectivity index (χ1v) is 5.81. The molecule has 2 amide bonds. The molecule has 6 heteroatoms. The third-order valence-corrected chi connectivity index (χ3v) is 2.30. The fraction of sp³-hybridized carbons (Fsp3) is 0.308. The highest BCUT2D eigenvalue weighted by Crippen LogP contribution is 2.10. The van der Waals surface area contributed by atoms with Crippen molar-refractivity contribution in [2.75, 3.05) is 0 Å². The zero-order valence-electron chi connectivity index (χ0n) is 10.6. The topological polar surface area (TPSA) is 98.5 Å². The molecule has 0 fully saturated rings. The molecule has 1 aromatic rings. The predicted octanol–water partition coefficient (Wildman–Crippen LogP) is 0.362. The molecule has 1 aromatic carbocycles. The van der Waals surface area contributed by atoms with Crippen LogP contribution in [0.25, 0.3) is 0 Å². The monoisotopic (exact) mass is 264 g/mol. The number of nitrogens with two attached hydrogens (primary N) is 1. The van der Waals surface area contributed by atoms with Crippen LogP contribution in [-0.4, -0.2) is 23.8 Å². The molecule has 1 rings (SSSR count). The maximum absolute atomic E-state index is 11.9. The lowest BCUT2D eigenvalue weighted by Crippen LogP contribution is -2.42. The molecule has 0 saturated heterocycles. The molecule has 0 aliphatic rings. The van der Waals surface area contributed by atoms with E-state index in [1.54, 1.807) is 30.3 Å². The van der Waals surface area contributed by atoms with E-state index in [-0.39, 0.29) is 18.7 Å². The second-order valence-electron chi connectivity index (χ2n) is 3.99. The number of primary amides is 1. The molecule has 3 N–H and O–H groups in total. The molecule has 6 nitrogen and oxygen atoms in total. The highest BCUT2D eigenvalue weighted by Gasteiger charge is 2.22. The van der Waals surface area contributed by atoms with Crippen molar-refractivity contribution in [3.05, 3.63) is 30.3 Å². The summed E-state index contributed by atoms with van der Waals surface area (Å²) in [6, 6.07) is 7.59. The van der Waals surface area contributed by atoms with Gasteiger partial charge in [0.2, 0.25) is 11.8 Å². The van der Waals surface area contributed by atoms with Crippen molar-refractivity contribution in [2.45, 2.75) is 25.8 Å². The quantitative estimate of drug-likeness (QED) is 0.572. The Bertz CT molecular complexity index is 459. The Morgan fingerprint density at radius 3 is 2.42 bits per heavy atom. The smallest absolute Gasteiger partial charge is 0.334 e. The molecule has 0 saturated carbocycles. The summed E-state index contributed by atoms with van der Waals surface area (Å²) in [7, 11) is 0. The zero-order chi connectivity index (χ0) is 14.3. The Balaban J connectivity index is 2.65. The number of esters is 1. The number of carbonyl (C=O) groups excluding carboxylic acids is 3. The summed E-state index contributed by atoms with van der Waals surface area (Å²) < 4.78 is 5.10. The molecule has 0 aromatic heterocycles. The predicted molar refractivity (Wildman–Crippen MR) is 68.1 cm³/mol. The standard InChI is InChI=1S/C13H16N2O4/c1-9(16)15-11(7-8-12(14)17)13(18)19-10-5-3-2-4-6-10/h2-6,11H,7-8H2,1H3,(H2,14,17)(H,15,16). The van der Waals surface area contributed by atoms with Crippen LogP contribution in [0.1, 0.15) is 19.8 Å². The van der Waals surface area contributed by atoms with Crippen molar-refractivity contribution in [3.63, 3.8) is 0 Å². The maximum Gasteiger partial charge on any atom is 0.334 e. The number of para-hydroxylation sites is 1. The number of nitrogens with one attached hydrogen (secondary N) is 1.